The molecule has 6 heteroatoms. The van der Waals surface area contributed by atoms with Crippen LogP contribution < -0.4 is 11.1 Å². The molecule has 1 atom stereocenters. The molecule has 0 unspecified atom stereocenters. The van der Waals surface area contributed by atoms with E-state index in [4.69, 9.17) is 10.8 Å². The number of hydrogen-bond donors (Lipinski definition) is 3. The van der Waals surface area contributed by atoms with Crippen LogP contribution in [0, 0.1) is 6.92 Å². The van der Waals surface area contributed by atoms with Crippen LogP contribution in [0.1, 0.15) is 5.56 Å². The molecule has 0 aliphatic rings. The second-order valence-corrected chi connectivity index (χ2v) is 5.45. The van der Waals surface area contributed by atoms with Crippen LogP contribution in [0.25, 0.3) is 16.6 Å². The van der Waals surface area contributed by atoms with E-state index >= 15 is 0 Å². The molecule has 4 N–H and O–H groups in total. The molecule has 0 saturated heterocycles. The van der Waals surface area contributed by atoms with E-state index in [0.717, 1.165) is 22.2 Å². The standard InChI is InChI=1S/C17H18N4O2/c1-11-3-2-4-14(7-11)21-16-8-13(6-5-12(16)9-19-21)20-17(23)15(18)10-22/h2-9,15,22H,10,18H2,1H3,(H,20,23)/t15-/m1/s1. The number of nitrogens with zero attached hydrogens (tertiary/aromatic N) is 2. The van der Waals surface area contributed by atoms with Crippen molar-refractivity contribution in [3.8, 4) is 5.69 Å². The molecule has 0 radical (unpaired) electrons. The number of aliphatic hydroxyl groups excluding tert-OH is 1. The Bertz CT molecular complexity index is 857. The molecule has 1 amide bonds. The molecular weight excluding hydrogens is 292 g/mol. The van der Waals surface area contributed by atoms with Crippen molar-refractivity contribution >= 4 is 22.5 Å². The lowest BCUT2D eigenvalue weighted by Gasteiger charge is -2.10. The van der Waals surface area contributed by atoms with Gasteiger partial charge in [-0.15, -0.1) is 0 Å². The van der Waals surface area contributed by atoms with Crippen LogP contribution >= 0.6 is 0 Å². The molecule has 0 spiro atoms. The molecule has 6 nitrogen and oxygen atoms in total. The molecule has 2 aromatic carbocycles. The fourth-order valence-electron chi connectivity index (χ4n) is 2.38. The Balaban J connectivity index is 1.99. The SMILES string of the molecule is Cc1cccc(-n2ncc3ccc(NC(=O)[C@H](N)CO)cc32)c1. The van der Waals surface area contributed by atoms with E-state index in [1.54, 1.807) is 12.3 Å². The molecule has 1 heterocycles. The normalized spacial score (nSPS) is 12.3. The van der Waals surface area contributed by atoms with Gasteiger partial charge in [-0.3, -0.25) is 4.79 Å². The zero-order chi connectivity index (χ0) is 16.4. The Morgan fingerprint density at radius 2 is 2.17 bits per heavy atom. The smallest absolute Gasteiger partial charge is 0.243 e. The van der Waals surface area contributed by atoms with Crippen molar-refractivity contribution in [2.24, 2.45) is 5.73 Å². The number of nitrogens with two attached hydrogens (primary N) is 1. The minimum atomic E-state index is -0.938. The van der Waals surface area contributed by atoms with Crippen LogP contribution in [0.15, 0.2) is 48.7 Å². The van der Waals surface area contributed by atoms with Gasteiger partial charge in [-0.25, -0.2) is 4.68 Å². The number of aryl methyl sites for hydroxylation is 1. The van der Waals surface area contributed by atoms with Gasteiger partial charge in [-0.2, -0.15) is 5.10 Å². The van der Waals surface area contributed by atoms with Crippen LogP contribution in [0.4, 0.5) is 5.69 Å². The summed E-state index contributed by atoms with van der Waals surface area (Å²) < 4.78 is 1.82. The number of carbonyl (C=O) groups is 1. The van der Waals surface area contributed by atoms with E-state index in [-0.39, 0.29) is 0 Å². The number of aliphatic hydroxyl groups is 1. The van der Waals surface area contributed by atoms with Gasteiger partial charge in [0.15, 0.2) is 0 Å². The molecule has 0 aliphatic heterocycles. The number of anilines is 1. The number of carbonyl (C=O) groups excluding carboxylic acids is 1. The number of hydrogen-bond acceptors (Lipinski definition) is 4. The Hall–Kier alpha value is -2.70. The zero-order valence-corrected chi connectivity index (χ0v) is 12.7. The highest BCUT2D eigenvalue weighted by molar-refractivity contribution is 5.96. The molecule has 118 valence electrons. The van der Waals surface area contributed by atoms with Crippen LogP contribution in [0.3, 0.4) is 0 Å². The maximum atomic E-state index is 11.8. The minimum Gasteiger partial charge on any atom is -0.394 e. The summed E-state index contributed by atoms with van der Waals surface area (Å²) in [6.07, 6.45) is 1.78. The van der Waals surface area contributed by atoms with Gasteiger partial charge in [0.05, 0.1) is 24.0 Å². The van der Waals surface area contributed by atoms with Crippen LogP contribution in [-0.2, 0) is 4.79 Å². The third kappa shape index (κ3) is 3.08. The van der Waals surface area contributed by atoms with Crippen molar-refractivity contribution in [3.05, 3.63) is 54.2 Å². The first-order valence-electron chi connectivity index (χ1n) is 7.30. The Morgan fingerprint density at radius 1 is 1.35 bits per heavy atom. The van der Waals surface area contributed by atoms with E-state index in [1.807, 2.05) is 48.0 Å². The first kappa shape index (κ1) is 15.2. The van der Waals surface area contributed by atoms with Gasteiger partial charge in [-0.05, 0) is 42.8 Å². The lowest BCUT2D eigenvalue weighted by molar-refractivity contribution is -0.118. The van der Waals surface area contributed by atoms with Crippen molar-refractivity contribution in [3.63, 3.8) is 0 Å². The quantitative estimate of drug-likeness (QED) is 0.682. The Labute approximate surface area is 133 Å². The fraction of sp³-hybridized carbons (Fsp3) is 0.176. The first-order valence-corrected chi connectivity index (χ1v) is 7.30. The highest BCUT2D eigenvalue weighted by atomic mass is 16.3. The summed E-state index contributed by atoms with van der Waals surface area (Å²) in [5.74, 6) is -0.423. The monoisotopic (exact) mass is 310 g/mol. The summed E-state index contributed by atoms with van der Waals surface area (Å²) in [5, 5.41) is 17.0. The second kappa shape index (κ2) is 6.20. The van der Waals surface area contributed by atoms with Gasteiger partial charge >= 0.3 is 0 Å². The highest BCUT2D eigenvalue weighted by Crippen LogP contribution is 2.22. The van der Waals surface area contributed by atoms with Crippen LogP contribution in [0.2, 0.25) is 0 Å². The van der Waals surface area contributed by atoms with E-state index in [0.29, 0.717) is 5.69 Å². The molecule has 23 heavy (non-hydrogen) atoms. The molecule has 3 rings (SSSR count). The van der Waals surface area contributed by atoms with E-state index < -0.39 is 18.6 Å². The lowest BCUT2D eigenvalue weighted by Crippen LogP contribution is -2.38. The summed E-state index contributed by atoms with van der Waals surface area (Å²) in [5.41, 5.74) is 9.10. The minimum absolute atomic E-state index is 0.394. The summed E-state index contributed by atoms with van der Waals surface area (Å²) in [6.45, 7) is 1.63. The second-order valence-electron chi connectivity index (χ2n) is 5.45. The van der Waals surface area contributed by atoms with Crippen molar-refractivity contribution in [2.75, 3.05) is 11.9 Å². The first-order chi connectivity index (χ1) is 11.1. The maximum absolute atomic E-state index is 11.8. The number of aromatic nitrogens is 2. The van der Waals surface area contributed by atoms with Crippen molar-refractivity contribution in [1.29, 1.82) is 0 Å². The maximum Gasteiger partial charge on any atom is 0.243 e. The number of rotatable bonds is 4. The van der Waals surface area contributed by atoms with Crippen molar-refractivity contribution in [1.82, 2.24) is 9.78 Å². The number of nitrogens with one attached hydrogen (secondary N) is 1. The van der Waals surface area contributed by atoms with Gasteiger partial charge in [0.2, 0.25) is 5.91 Å². The third-order valence-electron chi connectivity index (χ3n) is 3.62. The molecule has 0 aliphatic carbocycles. The largest absolute Gasteiger partial charge is 0.394 e. The number of amides is 1. The Kier molecular flexibility index (Phi) is 4.10. The van der Waals surface area contributed by atoms with Crippen molar-refractivity contribution < 1.29 is 9.90 Å². The summed E-state index contributed by atoms with van der Waals surface area (Å²) in [7, 11) is 0. The van der Waals surface area contributed by atoms with Gasteiger partial charge in [-0.1, -0.05) is 12.1 Å². The molecule has 1 aromatic heterocycles. The summed E-state index contributed by atoms with van der Waals surface area (Å²) in [6, 6.07) is 12.6. The number of benzene rings is 2. The van der Waals surface area contributed by atoms with E-state index in [2.05, 4.69) is 10.4 Å². The molecule has 0 saturated carbocycles. The molecule has 0 fully saturated rings. The predicted octanol–water partition coefficient (Wildman–Crippen LogP) is 1.59. The number of fused-ring (bicyclic) bond motifs is 1. The Morgan fingerprint density at radius 3 is 2.91 bits per heavy atom. The van der Waals surface area contributed by atoms with Crippen molar-refractivity contribution in [2.45, 2.75) is 13.0 Å². The van der Waals surface area contributed by atoms with Gasteiger partial charge in [0.1, 0.15) is 6.04 Å². The van der Waals surface area contributed by atoms with Gasteiger partial charge in [0.25, 0.3) is 0 Å². The van der Waals surface area contributed by atoms with Crippen LogP contribution in [0.5, 0.6) is 0 Å². The summed E-state index contributed by atoms with van der Waals surface area (Å²) in [4.78, 5) is 11.8. The topological polar surface area (TPSA) is 93.2 Å². The van der Waals surface area contributed by atoms with E-state index in [1.165, 1.54) is 0 Å². The summed E-state index contributed by atoms with van der Waals surface area (Å²) >= 11 is 0. The average molecular weight is 310 g/mol. The third-order valence-corrected chi connectivity index (χ3v) is 3.62. The predicted molar refractivity (Wildman–Crippen MR) is 89.5 cm³/mol. The van der Waals surface area contributed by atoms with E-state index in [9.17, 15) is 4.79 Å². The van der Waals surface area contributed by atoms with Crippen LogP contribution in [-0.4, -0.2) is 33.4 Å². The molecule has 0 bridgehead atoms. The molecular formula is C17H18N4O2. The highest BCUT2D eigenvalue weighted by Gasteiger charge is 2.13. The molecule has 3 aromatic rings. The lowest BCUT2D eigenvalue weighted by atomic mass is 10.2. The fourth-order valence-corrected chi connectivity index (χ4v) is 2.38. The van der Waals surface area contributed by atoms with Gasteiger partial charge < -0.3 is 16.2 Å². The van der Waals surface area contributed by atoms with Gasteiger partial charge in [0, 0.05) is 11.1 Å². The average Bonchev–Trinajstić information content (AvgIpc) is 2.97. The zero-order valence-electron chi connectivity index (χ0n) is 12.7.